The second-order valence-corrected chi connectivity index (χ2v) is 5.46. The Bertz CT molecular complexity index is 650. The van der Waals surface area contributed by atoms with E-state index in [1.807, 2.05) is 18.2 Å². The van der Waals surface area contributed by atoms with Crippen LogP contribution >= 0.6 is 22.6 Å². The number of halogens is 1. The average Bonchev–Trinajstić information content (AvgIpc) is 2.72. The summed E-state index contributed by atoms with van der Waals surface area (Å²) in [6.45, 7) is 0. The van der Waals surface area contributed by atoms with Crippen molar-refractivity contribution in [2.75, 3.05) is 0 Å². The van der Waals surface area contributed by atoms with Gasteiger partial charge in [-0.2, -0.15) is 0 Å². The minimum absolute atomic E-state index is 0.223. The molecule has 1 unspecified atom stereocenters. The largest absolute Gasteiger partial charge is 0.356 e. The normalized spacial score (nSPS) is 20.2. The molecule has 6 heteroatoms. The van der Waals surface area contributed by atoms with E-state index in [1.54, 1.807) is 0 Å². The van der Waals surface area contributed by atoms with Gasteiger partial charge in [0.05, 0.1) is 5.92 Å². The third kappa shape index (κ3) is 1.90. The lowest BCUT2D eigenvalue weighted by Crippen LogP contribution is -2.39. The van der Waals surface area contributed by atoms with Crippen LogP contribution in [0.3, 0.4) is 0 Å². The molecule has 1 fully saturated rings. The number of imide groups is 1. The Hall–Kier alpha value is -1.44. The molecular weight excluding hydrogens is 347 g/mol. The van der Waals surface area contributed by atoms with Crippen LogP contribution in [0.4, 0.5) is 0 Å². The summed E-state index contributed by atoms with van der Waals surface area (Å²) in [6, 6.07) is 5.69. The Morgan fingerprint density at radius 2 is 2.22 bits per heavy atom. The molecule has 0 radical (unpaired) electrons. The van der Waals surface area contributed by atoms with Crippen molar-refractivity contribution in [3.05, 3.63) is 27.5 Å². The monoisotopic (exact) mass is 356 g/mol. The van der Waals surface area contributed by atoms with Crippen LogP contribution in [0.25, 0.3) is 11.0 Å². The van der Waals surface area contributed by atoms with Crippen molar-refractivity contribution in [3.63, 3.8) is 0 Å². The molecule has 1 atom stereocenters. The van der Waals surface area contributed by atoms with Crippen LogP contribution in [0.1, 0.15) is 24.5 Å². The summed E-state index contributed by atoms with van der Waals surface area (Å²) in [4.78, 5) is 22.9. The molecule has 3 rings (SSSR count). The van der Waals surface area contributed by atoms with Crippen molar-refractivity contribution in [1.29, 1.82) is 0 Å². The molecule has 18 heavy (non-hydrogen) atoms. The predicted molar refractivity (Wildman–Crippen MR) is 71.9 cm³/mol. The topological polar surface area (TPSA) is 72.2 Å². The smallest absolute Gasteiger partial charge is 0.235 e. The van der Waals surface area contributed by atoms with Gasteiger partial charge in [-0.1, -0.05) is 5.16 Å². The summed E-state index contributed by atoms with van der Waals surface area (Å²) in [5.74, 6) is -0.916. The lowest BCUT2D eigenvalue weighted by Gasteiger charge is -2.18. The summed E-state index contributed by atoms with van der Waals surface area (Å²) in [7, 11) is 0. The third-order valence-corrected chi connectivity index (χ3v) is 3.70. The Morgan fingerprint density at radius 3 is 3.00 bits per heavy atom. The summed E-state index contributed by atoms with van der Waals surface area (Å²) in [5, 5.41) is 7.16. The highest BCUT2D eigenvalue weighted by atomic mass is 127. The number of rotatable bonds is 1. The maximum Gasteiger partial charge on any atom is 0.235 e. The number of piperidine rings is 1. The number of benzene rings is 1. The summed E-state index contributed by atoms with van der Waals surface area (Å²) in [5.41, 5.74) is 1.28. The van der Waals surface area contributed by atoms with Crippen LogP contribution in [0.2, 0.25) is 0 Å². The minimum atomic E-state index is -0.401. The van der Waals surface area contributed by atoms with Crippen LogP contribution in [0.15, 0.2) is 22.7 Å². The van der Waals surface area contributed by atoms with Crippen molar-refractivity contribution >= 4 is 45.4 Å². The van der Waals surface area contributed by atoms with E-state index >= 15 is 0 Å². The van der Waals surface area contributed by atoms with Gasteiger partial charge in [-0.05, 0) is 47.2 Å². The zero-order chi connectivity index (χ0) is 12.7. The predicted octanol–water partition coefficient (Wildman–Crippen LogP) is 1.95. The van der Waals surface area contributed by atoms with E-state index < -0.39 is 5.92 Å². The van der Waals surface area contributed by atoms with Crippen molar-refractivity contribution in [3.8, 4) is 0 Å². The molecule has 2 heterocycles. The SMILES string of the molecule is O=C1CCC(c2noc3ccc(I)cc23)C(=O)N1. The summed E-state index contributed by atoms with van der Waals surface area (Å²) >= 11 is 2.20. The van der Waals surface area contributed by atoms with Gasteiger partial charge in [0.2, 0.25) is 11.8 Å². The first-order chi connectivity index (χ1) is 8.65. The third-order valence-electron chi connectivity index (χ3n) is 3.03. The van der Waals surface area contributed by atoms with Gasteiger partial charge >= 0.3 is 0 Å². The molecule has 2 aromatic rings. The molecule has 92 valence electrons. The Morgan fingerprint density at radius 1 is 1.39 bits per heavy atom. The first-order valence-corrected chi connectivity index (χ1v) is 6.61. The second kappa shape index (κ2) is 4.34. The zero-order valence-electron chi connectivity index (χ0n) is 9.27. The Balaban J connectivity index is 2.06. The van der Waals surface area contributed by atoms with Crippen molar-refractivity contribution < 1.29 is 14.1 Å². The molecule has 2 amide bonds. The molecule has 1 aromatic carbocycles. The van der Waals surface area contributed by atoms with Crippen molar-refractivity contribution in [2.45, 2.75) is 18.8 Å². The van der Waals surface area contributed by atoms with Gasteiger partial charge in [0, 0.05) is 15.4 Å². The van der Waals surface area contributed by atoms with Gasteiger partial charge in [0.15, 0.2) is 5.58 Å². The van der Waals surface area contributed by atoms with Gasteiger partial charge < -0.3 is 4.52 Å². The second-order valence-electron chi connectivity index (χ2n) is 4.21. The van der Waals surface area contributed by atoms with Crippen LogP contribution in [0, 0.1) is 3.57 Å². The number of nitrogens with one attached hydrogen (secondary N) is 1. The fraction of sp³-hybridized carbons (Fsp3) is 0.250. The van der Waals surface area contributed by atoms with E-state index in [4.69, 9.17) is 4.52 Å². The van der Waals surface area contributed by atoms with E-state index in [2.05, 4.69) is 33.1 Å². The Labute approximate surface area is 116 Å². The number of hydrogen-bond donors (Lipinski definition) is 1. The highest BCUT2D eigenvalue weighted by Crippen LogP contribution is 2.31. The fourth-order valence-corrected chi connectivity index (χ4v) is 2.63. The van der Waals surface area contributed by atoms with E-state index in [9.17, 15) is 9.59 Å². The van der Waals surface area contributed by atoms with Crippen LogP contribution in [-0.4, -0.2) is 17.0 Å². The standard InChI is InChI=1S/C12H9IN2O3/c13-6-1-3-9-8(5-6)11(15-18-9)7-2-4-10(16)14-12(7)17/h1,3,5,7H,2,4H2,(H,14,16,17). The van der Waals surface area contributed by atoms with Gasteiger partial charge in [0.1, 0.15) is 5.69 Å². The number of amides is 2. The molecular formula is C12H9IN2O3. The highest BCUT2D eigenvalue weighted by molar-refractivity contribution is 14.1. The number of carbonyl (C=O) groups excluding carboxylic acids is 2. The number of hydrogen-bond acceptors (Lipinski definition) is 4. The fourth-order valence-electron chi connectivity index (χ4n) is 2.14. The van der Waals surface area contributed by atoms with E-state index in [-0.39, 0.29) is 11.8 Å². The van der Waals surface area contributed by atoms with Gasteiger partial charge in [0.25, 0.3) is 0 Å². The molecule has 0 saturated carbocycles. The van der Waals surface area contributed by atoms with Crippen LogP contribution in [0.5, 0.6) is 0 Å². The first kappa shape index (κ1) is 11.6. The molecule has 1 aromatic heterocycles. The quantitative estimate of drug-likeness (QED) is 0.626. The molecule has 1 N–H and O–H groups in total. The maximum atomic E-state index is 11.8. The van der Waals surface area contributed by atoms with E-state index in [0.717, 1.165) is 8.96 Å². The number of aromatic nitrogens is 1. The first-order valence-electron chi connectivity index (χ1n) is 5.53. The average molecular weight is 356 g/mol. The molecule has 0 bridgehead atoms. The van der Waals surface area contributed by atoms with E-state index in [1.165, 1.54) is 0 Å². The van der Waals surface area contributed by atoms with Gasteiger partial charge in [-0.25, -0.2) is 0 Å². The molecule has 1 saturated heterocycles. The molecule has 0 spiro atoms. The molecule has 1 aliphatic rings. The van der Waals surface area contributed by atoms with Crippen molar-refractivity contribution in [2.24, 2.45) is 0 Å². The van der Waals surface area contributed by atoms with Crippen LogP contribution < -0.4 is 5.32 Å². The van der Waals surface area contributed by atoms with Crippen LogP contribution in [-0.2, 0) is 9.59 Å². The lowest BCUT2D eigenvalue weighted by molar-refractivity contribution is -0.134. The van der Waals surface area contributed by atoms with Gasteiger partial charge in [-0.15, -0.1) is 0 Å². The zero-order valence-corrected chi connectivity index (χ0v) is 11.4. The summed E-state index contributed by atoms with van der Waals surface area (Å²) in [6.07, 6.45) is 0.826. The molecule has 5 nitrogen and oxygen atoms in total. The number of carbonyl (C=O) groups is 2. The number of nitrogens with zero attached hydrogens (tertiary/aromatic N) is 1. The highest BCUT2D eigenvalue weighted by Gasteiger charge is 2.31. The number of fused-ring (bicyclic) bond motifs is 1. The van der Waals surface area contributed by atoms with E-state index in [0.29, 0.717) is 24.1 Å². The van der Waals surface area contributed by atoms with Crippen molar-refractivity contribution in [1.82, 2.24) is 10.5 Å². The van der Waals surface area contributed by atoms with Gasteiger partial charge in [-0.3, -0.25) is 14.9 Å². The molecule has 1 aliphatic heterocycles. The summed E-state index contributed by atoms with van der Waals surface area (Å²) < 4.78 is 6.27. The minimum Gasteiger partial charge on any atom is -0.356 e. The maximum absolute atomic E-state index is 11.8. The Kier molecular flexibility index (Phi) is 2.81. The lowest BCUT2D eigenvalue weighted by atomic mass is 9.93. The molecule has 0 aliphatic carbocycles.